The Labute approximate surface area is 166 Å². The van der Waals surface area contributed by atoms with Crippen LogP contribution in [0.4, 0.5) is 11.6 Å². The molecule has 0 saturated carbocycles. The molecule has 0 radical (unpaired) electrons. The number of anilines is 2. The Kier molecular flexibility index (Phi) is 4.99. The number of nitrogens with one attached hydrogen (secondary N) is 1. The maximum absolute atomic E-state index is 12.6. The molecule has 0 atom stereocenters. The second kappa shape index (κ2) is 7.75. The van der Waals surface area contributed by atoms with Crippen molar-refractivity contribution in [2.45, 2.75) is 19.4 Å². The van der Waals surface area contributed by atoms with Gasteiger partial charge in [-0.25, -0.2) is 4.98 Å². The number of hydrogen-bond donors (Lipinski definition) is 1. The molecule has 2 aromatic carbocycles. The SMILES string of the molecule is CN(C(=O)CCCOc1ccc2nc3n(c(=O)c2c1)CC(=O)N3)c1ccccc1. The van der Waals surface area contributed by atoms with Crippen LogP contribution < -0.4 is 20.5 Å². The zero-order chi connectivity index (χ0) is 20.4. The fraction of sp³-hybridized carbons (Fsp3) is 0.238. The average molecular weight is 392 g/mol. The molecule has 0 unspecified atom stereocenters. The van der Waals surface area contributed by atoms with Crippen LogP contribution in [-0.4, -0.2) is 35.0 Å². The lowest BCUT2D eigenvalue weighted by Gasteiger charge is -2.17. The molecule has 1 aliphatic rings. The van der Waals surface area contributed by atoms with Gasteiger partial charge in [0.05, 0.1) is 17.5 Å². The van der Waals surface area contributed by atoms with Gasteiger partial charge in [0, 0.05) is 19.2 Å². The number of aromatic nitrogens is 2. The fourth-order valence-electron chi connectivity index (χ4n) is 3.22. The highest BCUT2D eigenvalue weighted by Crippen LogP contribution is 2.20. The van der Waals surface area contributed by atoms with Crippen molar-refractivity contribution in [3.63, 3.8) is 0 Å². The van der Waals surface area contributed by atoms with E-state index in [9.17, 15) is 14.4 Å². The number of para-hydroxylation sites is 1. The Hall–Kier alpha value is -3.68. The van der Waals surface area contributed by atoms with Gasteiger partial charge in [0.1, 0.15) is 12.3 Å². The molecule has 0 aliphatic carbocycles. The van der Waals surface area contributed by atoms with Gasteiger partial charge in [0.15, 0.2) is 0 Å². The standard InChI is InChI=1S/C21H20N4O4/c1-24(14-6-3-2-4-7-14)19(27)8-5-11-29-15-9-10-17-16(12-15)20(28)25-13-18(26)23-21(25)22-17/h2-4,6-7,9-10,12H,5,8,11,13H2,1H3,(H,22,23,26). The molecule has 3 aromatic rings. The molecule has 0 spiro atoms. The fourth-order valence-corrected chi connectivity index (χ4v) is 3.22. The molecule has 0 fully saturated rings. The summed E-state index contributed by atoms with van der Waals surface area (Å²) >= 11 is 0. The van der Waals surface area contributed by atoms with E-state index in [1.54, 1.807) is 30.1 Å². The average Bonchev–Trinajstić information content (AvgIpc) is 3.12. The lowest BCUT2D eigenvalue weighted by atomic mass is 10.2. The molecule has 1 aliphatic heterocycles. The van der Waals surface area contributed by atoms with Gasteiger partial charge in [-0.3, -0.25) is 24.3 Å². The first-order valence-corrected chi connectivity index (χ1v) is 9.32. The molecule has 8 heteroatoms. The van der Waals surface area contributed by atoms with Gasteiger partial charge in [-0.15, -0.1) is 0 Å². The summed E-state index contributed by atoms with van der Waals surface area (Å²) in [5, 5.41) is 2.96. The number of rotatable bonds is 6. The Morgan fingerprint density at radius 3 is 2.79 bits per heavy atom. The Bertz CT molecular complexity index is 1140. The first kappa shape index (κ1) is 18.7. The lowest BCUT2D eigenvalue weighted by Crippen LogP contribution is -2.26. The first-order valence-electron chi connectivity index (χ1n) is 9.32. The van der Waals surface area contributed by atoms with E-state index >= 15 is 0 Å². The topological polar surface area (TPSA) is 93.5 Å². The molecule has 0 saturated heterocycles. The van der Waals surface area contributed by atoms with Gasteiger partial charge in [-0.2, -0.15) is 0 Å². The van der Waals surface area contributed by atoms with Crippen molar-refractivity contribution in [3.05, 3.63) is 58.9 Å². The summed E-state index contributed by atoms with van der Waals surface area (Å²) in [6.07, 6.45) is 0.901. The van der Waals surface area contributed by atoms with E-state index < -0.39 is 0 Å². The molecule has 4 rings (SSSR count). The Balaban J connectivity index is 1.37. The van der Waals surface area contributed by atoms with E-state index in [2.05, 4.69) is 10.3 Å². The highest BCUT2D eigenvalue weighted by atomic mass is 16.5. The highest BCUT2D eigenvalue weighted by molar-refractivity contribution is 5.94. The molecule has 1 aromatic heterocycles. The number of carbonyl (C=O) groups excluding carboxylic acids is 2. The summed E-state index contributed by atoms with van der Waals surface area (Å²) in [7, 11) is 1.75. The maximum Gasteiger partial charge on any atom is 0.263 e. The molecule has 2 amide bonds. The predicted molar refractivity (Wildman–Crippen MR) is 109 cm³/mol. The van der Waals surface area contributed by atoms with Gasteiger partial charge in [0.25, 0.3) is 5.56 Å². The molecule has 29 heavy (non-hydrogen) atoms. The number of amides is 2. The van der Waals surface area contributed by atoms with Crippen LogP contribution in [0.15, 0.2) is 53.3 Å². The third-order valence-electron chi connectivity index (χ3n) is 4.80. The minimum Gasteiger partial charge on any atom is -0.494 e. The maximum atomic E-state index is 12.6. The molecule has 2 heterocycles. The van der Waals surface area contributed by atoms with Crippen molar-refractivity contribution >= 4 is 34.4 Å². The Morgan fingerprint density at radius 1 is 1.21 bits per heavy atom. The Morgan fingerprint density at radius 2 is 2.00 bits per heavy atom. The summed E-state index contributed by atoms with van der Waals surface area (Å²) in [5.41, 5.74) is 1.06. The van der Waals surface area contributed by atoms with Crippen molar-refractivity contribution in [2.24, 2.45) is 0 Å². The van der Waals surface area contributed by atoms with Gasteiger partial charge in [-0.1, -0.05) is 18.2 Å². The molecule has 0 bridgehead atoms. The van der Waals surface area contributed by atoms with Gasteiger partial charge in [-0.05, 0) is 36.8 Å². The summed E-state index contributed by atoms with van der Waals surface area (Å²) in [6.45, 7) is 0.318. The van der Waals surface area contributed by atoms with E-state index in [1.807, 2.05) is 30.3 Å². The van der Waals surface area contributed by atoms with Gasteiger partial charge >= 0.3 is 0 Å². The molecular weight excluding hydrogens is 372 g/mol. The van der Waals surface area contributed by atoms with E-state index in [-0.39, 0.29) is 29.9 Å². The third-order valence-corrected chi connectivity index (χ3v) is 4.80. The quantitative estimate of drug-likeness (QED) is 0.649. The summed E-state index contributed by atoms with van der Waals surface area (Å²) in [6, 6.07) is 14.5. The number of benzene rings is 2. The van der Waals surface area contributed by atoms with Crippen LogP contribution in [0, 0.1) is 0 Å². The van der Waals surface area contributed by atoms with E-state index in [0.29, 0.717) is 36.1 Å². The van der Waals surface area contributed by atoms with E-state index in [0.717, 1.165) is 5.69 Å². The molecular formula is C21H20N4O4. The predicted octanol–water partition coefficient (Wildman–Crippen LogP) is 2.17. The van der Waals surface area contributed by atoms with Crippen LogP contribution in [0.25, 0.3) is 10.9 Å². The second-order valence-electron chi connectivity index (χ2n) is 6.79. The van der Waals surface area contributed by atoms with Crippen LogP contribution in [0.2, 0.25) is 0 Å². The molecule has 148 valence electrons. The number of fused-ring (bicyclic) bond motifs is 2. The van der Waals surface area contributed by atoms with Crippen molar-refractivity contribution in [2.75, 3.05) is 23.9 Å². The monoisotopic (exact) mass is 392 g/mol. The van der Waals surface area contributed by atoms with Gasteiger partial charge in [0.2, 0.25) is 17.8 Å². The van der Waals surface area contributed by atoms with Crippen LogP contribution in [-0.2, 0) is 16.1 Å². The van der Waals surface area contributed by atoms with E-state index in [1.165, 1.54) is 4.57 Å². The summed E-state index contributed by atoms with van der Waals surface area (Å²) < 4.78 is 7.03. The van der Waals surface area contributed by atoms with Crippen LogP contribution in [0.5, 0.6) is 5.75 Å². The van der Waals surface area contributed by atoms with Crippen molar-refractivity contribution < 1.29 is 14.3 Å². The second-order valence-corrected chi connectivity index (χ2v) is 6.79. The van der Waals surface area contributed by atoms with Crippen LogP contribution >= 0.6 is 0 Å². The van der Waals surface area contributed by atoms with Crippen LogP contribution in [0.1, 0.15) is 12.8 Å². The van der Waals surface area contributed by atoms with Crippen molar-refractivity contribution in [1.29, 1.82) is 0 Å². The highest BCUT2D eigenvalue weighted by Gasteiger charge is 2.21. The van der Waals surface area contributed by atoms with Gasteiger partial charge < -0.3 is 9.64 Å². The largest absolute Gasteiger partial charge is 0.494 e. The van der Waals surface area contributed by atoms with E-state index in [4.69, 9.17) is 4.74 Å². The summed E-state index contributed by atoms with van der Waals surface area (Å²) in [4.78, 5) is 42.3. The molecule has 8 nitrogen and oxygen atoms in total. The number of nitrogens with zero attached hydrogens (tertiary/aromatic N) is 3. The number of ether oxygens (including phenoxy) is 1. The molecule has 1 N–H and O–H groups in total. The number of carbonyl (C=O) groups is 2. The number of hydrogen-bond acceptors (Lipinski definition) is 5. The minimum absolute atomic E-state index is 0.00786. The minimum atomic E-state index is -0.284. The lowest BCUT2D eigenvalue weighted by molar-refractivity contribution is -0.118. The van der Waals surface area contributed by atoms with Crippen molar-refractivity contribution in [1.82, 2.24) is 9.55 Å². The summed E-state index contributed by atoms with van der Waals surface area (Å²) in [5.74, 6) is 0.542. The first-order chi connectivity index (χ1) is 14.0. The smallest absolute Gasteiger partial charge is 0.263 e. The third kappa shape index (κ3) is 3.82. The zero-order valence-electron chi connectivity index (χ0n) is 15.9. The van der Waals surface area contributed by atoms with Crippen LogP contribution in [0.3, 0.4) is 0 Å². The normalized spacial score (nSPS) is 12.5. The zero-order valence-corrected chi connectivity index (χ0v) is 15.9. The van der Waals surface area contributed by atoms with Crippen molar-refractivity contribution in [3.8, 4) is 5.75 Å².